The van der Waals surface area contributed by atoms with Gasteiger partial charge in [-0.2, -0.15) is 0 Å². The first kappa shape index (κ1) is 15.1. The Morgan fingerprint density at radius 1 is 1.04 bits per heavy atom. The maximum absolute atomic E-state index is 13.1. The Morgan fingerprint density at radius 2 is 1.74 bits per heavy atom. The Hall–Kier alpha value is -1.42. The summed E-state index contributed by atoms with van der Waals surface area (Å²) in [5.74, 6) is 0.935. The van der Waals surface area contributed by atoms with Crippen molar-refractivity contribution in [2.24, 2.45) is 11.3 Å². The van der Waals surface area contributed by atoms with Crippen molar-refractivity contribution in [3.8, 4) is 0 Å². The van der Waals surface area contributed by atoms with Crippen molar-refractivity contribution in [2.45, 2.75) is 38.5 Å². The smallest absolute Gasteiger partial charge is 0.233 e. The van der Waals surface area contributed by atoms with E-state index in [9.17, 15) is 9.18 Å². The van der Waals surface area contributed by atoms with Crippen LogP contribution in [0.4, 0.5) is 10.1 Å². The molecule has 2 heterocycles. The Bertz CT molecular complexity index is 574. The summed E-state index contributed by atoms with van der Waals surface area (Å²) in [7, 11) is 0. The third-order valence-corrected chi connectivity index (χ3v) is 5.90. The van der Waals surface area contributed by atoms with Crippen molar-refractivity contribution in [1.29, 1.82) is 0 Å². The highest BCUT2D eigenvalue weighted by molar-refractivity contribution is 5.98. The molecule has 3 nitrogen and oxygen atoms in total. The molecule has 4 rings (SSSR count). The van der Waals surface area contributed by atoms with Gasteiger partial charge in [0.1, 0.15) is 5.82 Å². The average molecular weight is 316 g/mol. The van der Waals surface area contributed by atoms with Gasteiger partial charge in [-0.05, 0) is 81.8 Å². The molecule has 0 radical (unpaired) electrons. The Labute approximate surface area is 137 Å². The molecule has 23 heavy (non-hydrogen) atoms. The molecule has 1 spiro atoms. The van der Waals surface area contributed by atoms with E-state index in [1.54, 1.807) is 12.1 Å². The minimum atomic E-state index is -0.249. The van der Waals surface area contributed by atoms with Gasteiger partial charge in [0.15, 0.2) is 0 Å². The van der Waals surface area contributed by atoms with Crippen LogP contribution in [-0.4, -0.2) is 37.0 Å². The lowest BCUT2D eigenvalue weighted by molar-refractivity contribution is -0.133. The van der Waals surface area contributed by atoms with Crippen molar-refractivity contribution in [3.05, 3.63) is 30.1 Å². The number of amides is 1. The van der Waals surface area contributed by atoms with Crippen molar-refractivity contribution >= 4 is 11.6 Å². The number of hydrogen-bond donors (Lipinski definition) is 0. The lowest BCUT2D eigenvalue weighted by Crippen LogP contribution is -2.54. The van der Waals surface area contributed by atoms with Crippen molar-refractivity contribution < 1.29 is 9.18 Å². The third-order valence-electron chi connectivity index (χ3n) is 5.90. The van der Waals surface area contributed by atoms with E-state index in [1.165, 1.54) is 31.5 Å². The molecule has 1 aliphatic carbocycles. The molecule has 0 atom stereocenters. The highest BCUT2D eigenvalue weighted by Gasteiger charge is 2.46. The molecule has 0 bridgehead atoms. The summed E-state index contributed by atoms with van der Waals surface area (Å²) in [5, 5.41) is 0. The number of halogens is 1. The summed E-state index contributed by atoms with van der Waals surface area (Å²) in [6.45, 7) is 4.10. The van der Waals surface area contributed by atoms with E-state index in [4.69, 9.17) is 0 Å². The number of nitrogens with zero attached hydrogens (tertiary/aromatic N) is 2. The van der Waals surface area contributed by atoms with Crippen LogP contribution in [0.5, 0.6) is 0 Å². The third kappa shape index (κ3) is 3.01. The van der Waals surface area contributed by atoms with Crippen LogP contribution < -0.4 is 4.90 Å². The summed E-state index contributed by atoms with van der Waals surface area (Å²) < 4.78 is 13.1. The fourth-order valence-corrected chi connectivity index (χ4v) is 4.23. The summed E-state index contributed by atoms with van der Waals surface area (Å²) in [6.07, 6.45) is 6.80. The molecular weight excluding hydrogens is 291 g/mol. The van der Waals surface area contributed by atoms with Gasteiger partial charge in [0.25, 0.3) is 0 Å². The van der Waals surface area contributed by atoms with Crippen molar-refractivity contribution in [3.63, 3.8) is 0 Å². The first-order valence-corrected chi connectivity index (χ1v) is 8.96. The molecule has 3 fully saturated rings. The van der Waals surface area contributed by atoms with Crippen molar-refractivity contribution in [1.82, 2.24) is 4.90 Å². The van der Waals surface area contributed by atoms with E-state index < -0.39 is 0 Å². The predicted octanol–water partition coefficient (Wildman–Crippen LogP) is 3.44. The normalized spacial score (nSPS) is 25.1. The van der Waals surface area contributed by atoms with Gasteiger partial charge in [-0.15, -0.1) is 0 Å². The molecule has 0 N–H and O–H groups in total. The van der Waals surface area contributed by atoms with Gasteiger partial charge >= 0.3 is 0 Å². The standard InChI is InChI=1S/C19H25FN2O/c20-16-4-6-17(7-5-16)22-11-1-8-19(18(22)23)9-12-21(13-10-19)14-15-2-3-15/h4-7,15H,1-3,8-14H2. The van der Waals surface area contributed by atoms with Gasteiger partial charge in [-0.3, -0.25) is 4.79 Å². The molecule has 0 unspecified atom stereocenters. The van der Waals surface area contributed by atoms with E-state index in [0.717, 1.165) is 56.9 Å². The topological polar surface area (TPSA) is 23.6 Å². The van der Waals surface area contributed by atoms with E-state index >= 15 is 0 Å². The van der Waals surface area contributed by atoms with Crippen LogP contribution in [0.3, 0.4) is 0 Å². The first-order valence-electron chi connectivity index (χ1n) is 8.96. The molecule has 1 saturated carbocycles. The van der Waals surface area contributed by atoms with E-state index in [2.05, 4.69) is 4.90 Å². The number of piperidine rings is 2. The zero-order valence-corrected chi connectivity index (χ0v) is 13.6. The monoisotopic (exact) mass is 316 g/mol. The van der Waals surface area contributed by atoms with Crippen LogP contribution in [-0.2, 0) is 4.79 Å². The summed E-state index contributed by atoms with van der Waals surface area (Å²) in [5.41, 5.74) is 0.669. The zero-order chi connectivity index (χ0) is 15.9. The predicted molar refractivity (Wildman–Crippen MR) is 88.8 cm³/mol. The molecule has 0 aromatic heterocycles. The Kier molecular flexibility index (Phi) is 3.88. The second kappa shape index (κ2) is 5.90. The van der Waals surface area contributed by atoms with Crippen LogP contribution in [0, 0.1) is 17.2 Å². The van der Waals surface area contributed by atoms with Gasteiger partial charge in [-0.1, -0.05) is 0 Å². The molecule has 124 valence electrons. The second-order valence-corrected chi connectivity index (χ2v) is 7.56. The maximum atomic E-state index is 13.1. The SMILES string of the molecule is O=C1N(c2ccc(F)cc2)CCCC12CCN(CC1CC1)CC2. The number of benzene rings is 1. The van der Waals surface area contributed by atoms with Gasteiger partial charge in [0.05, 0.1) is 5.41 Å². The van der Waals surface area contributed by atoms with Gasteiger partial charge in [0.2, 0.25) is 5.91 Å². The lowest BCUT2D eigenvalue weighted by Gasteiger charge is -2.46. The van der Waals surface area contributed by atoms with Gasteiger partial charge < -0.3 is 9.80 Å². The zero-order valence-electron chi connectivity index (χ0n) is 13.6. The number of carbonyl (C=O) groups excluding carboxylic acids is 1. The fraction of sp³-hybridized carbons (Fsp3) is 0.632. The molecule has 3 aliphatic rings. The van der Waals surface area contributed by atoms with Gasteiger partial charge in [-0.25, -0.2) is 4.39 Å². The molecule has 2 saturated heterocycles. The van der Waals surface area contributed by atoms with Gasteiger partial charge in [0, 0.05) is 18.8 Å². The maximum Gasteiger partial charge on any atom is 0.233 e. The summed E-state index contributed by atoms with van der Waals surface area (Å²) in [4.78, 5) is 17.6. The Balaban J connectivity index is 1.46. The van der Waals surface area contributed by atoms with Crippen LogP contribution in [0.2, 0.25) is 0 Å². The van der Waals surface area contributed by atoms with Crippen molar-refractivity contribution in [2.75, 3.05) is 31.1 Å². The number of carbonyl (C=O) groups is 1. The number of likely N-dealkylation sites (tertiary alicyclic amines) is 1. The molecule has 1 amide bonds. The summed E-state index contributed by atoms with van der Waals surface area (Å²) >= 11 is 0. The fourth-order valence-electron chi connectivity index (χ4n) is 4.23. The Morgan fingerprint density at radius 3 is 2.39 bits per heavy atom. The molecule has 1 aromatic carbocycles. The number of hydrogen-bond acceptors (Lipinski definition) is 2. The largest absolute Gasteiger partial charge is 0.312 e. The van der Waals surface area contributed by atoms with Crippen LogP contribution in [0.25, 0.3) is 0 Å². The van der Waals surface area contributed by atoms with E-state index in [0.29, 0.717) is 0 Å². The quantitative estimate of drug-likeness (QED) is 0.853. The lowest BCUT2D eigenvalue weighted by atomic mass is 9.71. The minimum Gasteiger partial charge on any atom is -0.312 e. The molecule has 4 heteroatoms. The van der Waals surface area contributed by atoms with Crippen LogP contribution >= 0.6 is 0 Å². The second-order valence-electron chi connectivity index (χ2n) is 7.56. The number of anilines is 1. The highest BCUT2D eigenvalue weighted by Crippen LogP contribution is 2.43. The number of rotatable bonds is 3. The minimum absolute atomic E-state index is 0.174. The van der Waals surface area contributed by atoms with E-state index in [1.807, 2.05) is 4.90 Å². The molecule has 1 aromatic rings. The summed E-state index contributed by atoms with van der Waals surface area (Å²) in [6, 6.07) is 6.35. The average Bonchev–Trinajstić information content (AvgIpc) is 3.37. The van der Waals surface area contributed by atoms with Crippen LogP contribution in [0.15, 0.2) is 24.3 Å². The first-order chi connectivity index (χ1) is 11.2. The molecule has 2 aliphatic heterocycles. The van der Waals surface area contributed by atoms with Crippen LogP contribution in [0.1, 0.15) is 38.5 Å². The van der Waals surface area contributed by atoms with E-state index in [-0.39, 0.29) is 17.1 Å². The molecular formula is C19H25FN2O. The highest BCUT2D eigenvalue weighted by atomic mass is 19.1.